The van der Waals surface area contributed by atoms with Crippen molar-refractivity contribution in [3.63, 3.8) is 0 Å². The first kappa shape index (κ1) is 17.6. The van der Waals surface area contributed by atoms with Gasteiger partial charge in [0.2, 0.25) is 0 Å². The third-order valence-corrected chi connectivity index (χ3v) is 5.07. The van der Waals surface area contributed by atoms with E-state index in [4.69, 9.17) is 0 Å². The normalized spacial score (nSPS) is 12.4. The van der Waals surface area contributed by atoms with Gasteiger partial charge in [-0.25, -0.2) is 0 Å². The molecular weight excluding hydrogens is 306 g/mol. The van der Waals surface area contributed by atoms with E-state index in [0.717, 1.165) is 23.4 Å². The predicted octanol–water partition coefficient (Wildman–Crippen LogP) is 4.98. The fraction of sp³-hybridized carbons (Fsp3) is 0.444. The predicted molar refractivity (Wildman–Crippen MR) is 97.4 cm³/mol. The van der Waals surface area contributed by atoms with Gasteiger partial charge in [-0.15, -0.1) is 11.8 Å². The van der Waals surface area contributed by atoms with Crippen molar-refractivity contribution in [2.24, 2.45) is 0 Å². The van der Waals surface area contributed by atoms with Crippen molar-refractivity contribution >= 4 is 23.4 Å². The first-order valence-corrected chi connectivity index (χ1v) is 8.92. The molecule has 0 aliphatic carbocycles. The Labute approximate surface area is 142 Å². The summed E-state index contributed by atoms with van der Waals surface area (Å²) in [5.74, 6) is 0.140. The molecule has 1 atom stereocenters. The first-order chi connectivity index (χ1) is 10.9. The minimum Gasteiger partial charge on any atom is -0.320 e. The van der Waals surface area contributed by atoms with Crippen molar-refractivity contribution in [2.45, 2.75) is 57.1 Å². The molecule has 1 aromatic carbocycles. The lowest BCUT2D eigenvalue weighted by Gasteiger charge is -2.12. The van der Waals surface area contributed by atoms with E-state index in [1.54, 1.807) is 0 Å². The van der Waals surface area contributed by atoms with E-state index in [1.165, 1.54) is 4.90 Å². The minimum atomic E-state index is -0.182. The van der Waals surface area contributed by atoms with Crippen molar-refractivity contribution in [2.75, 3.05) is 5.32 Å². The molecule has 23 heavy (non-hydrogen) atoms. The highest BCUT2D eigenvalue weighted by molar-refractivity contribution is 7.99. The molecule has 0 aliphatic heterocycles. The van der Waals surface area contributed by atoms with Crippen molar-refractivity contribution in [1.29, 1.82) is 0 Å². The Kier molecular flexibility index (Phi) is 5.88. The number of benzene rings is 1. The van der Waals surface area contributed by atoms with Crippen LogP contribution < -0.4 is 5.32 Å². The zero-order chi connectivity index (χ0) is 17.0. The molecule has 0 aliphatic rings. The summed E-state index contributed by atoms with van der Waals surface area (Å²) < 4.78 is 0. The van der Waals surface area contributed by atoms with E-state index in [1.807, 2.05) is 30.8 Å². The van der Waals surface area contributed by atoms with E-state index in [9.17, 15) is 4.79 Å². The molecule has 0 saturated heterocycles. The molecule has 0 fully saturated rings. The Morgan fingerprint density at radius 3 is 2.61 bits per heavy atom. The number of hydrogen-bond acceptors (Lipinski definition) is 3. The molecular formula is C18H25N3OS. The number of aryl methyl sites for hydroxylation is 1. The van der Waals surface area contributed by atoms with Crippen LogP contribution in [0.15, 0.2) is 29.2 Å². The highest BCUT2D eigenvalue weighted by Crippen LogP contribution is 2.28. The number of rotatable bonds is 6. The van der Waals surface area contributed by atoms with Gasteiger partial charge in [0, 0.05) is 21.5 Å². The van der Waals surface area contributed by atoms with E-state index in [-0.39, 0.29) is 5.91 Å². The third-order valence-electron chi connectivity index (χ3n) is 3.81. The average Bonchev–Trinajstić information content (AvgIpc) is 3.00. The number of aromatic amines is 1. The quantitative estimate of drug-likeness (QED) is 0.734. The van der Waals surface area contributed by atoms with Gasteiger partial charge in [0.05, 0.1) is 0 Å². The molecule has 1 aromatic heterocycles. The molecule has 5 heteroatoms. The second kappa shape index (κ2) is 7.68. The topological polar surface area (TPSA) is 57.8 Å². The molecule has 2 aromatic rings. The molecule has 124 valence electrons. The Balaban J connectivity index is 2.08. The van der Waals surface area contributed by atoms with Crippen molar-refractivity contribution in [3.05, 3.63) is 41.2 Å². The van der Waals surface area contributed by atoms with E-state index >= 15 is 0 Å². The van der Waals surface area contributed by atoms with E-state index in [0.29, 0.717) is 16.9 Å². The number of anilines is 1. The van der Waals surface area contributed by atoms with Gasteiger partial charge in [0.25, 0.3) is 5.91 Å². The lowest BCUT2D eigenvalue weighted by atomic mass is 10.1. The van der Waals surface area contributed by atoms with Crippen molar-refractivity contribution in [3.8, 4) is 0 Å². The first-order valence-electron chi connectivity index (χ1n) is 8.04. The number of nitrogens with zero attached hydrogens (tertiary/aromatic N) is 1. The average molecular weight is 331 g/mol. The number of amides is 1. The van der Waals surface area contributed by atoms with Crippen LogP contribution in [-0.2, 0) is 0 Å². The smallest absolute Gasteiger partial charge is 0.276 e. The number of thioether (sulfide) groups is 1. The number of carbonyl (C=O) groups excluding carboxylic acids is 1. The fourth-order valence-electron chi connectivity index (χ4n) is 2.10. The Morgan fingerprint density at radius 2 is 2.04 bits per heavy atom. The number of hydrogen-bond donors (Lipinski definition) is 2. The molecule has 1 unspecified atom stereocenters. The lowest BCUT2D eigenvalue weighted by Crippen LogP contribution is -2.13. The van der Waals surface area contributed by atoms with Crippen LogP contribution in [-0.4, -0.2) is 21.4 Å². The van der Waals surface area contributed by atoms with Crippen LogP contribution in [0.1, 0.15) is 61.8 Å². The molecule has 2 N–H and O–H groups in total. The van der Waals surface area contributed by atoms with Gasteiger partial charge in [0.15, 0.2) is 5.69 Å². The maximum absolute atomic E-state index is 12.3. The van der Waals surface area contributed by atoms with Crippen LogP contribution in [0, 0.1) is 6.92 Å². The summed E-state index contributed by atoms with van der Waals surface area (Å²) in [4.78, 5) is 13.5. The molecule has 1 amide bonds. The number of carbonyl (C=O) groups is 1. The van der Waals surface area contributed by atoms with Crippen LogP contribution in [0.5, 0.6) is 0 Å². The summed E-state index contributed by atoms with van der Waals surface area (Å²) in [5, 5.41) is 10.5. The molecule has 0 radical (unpaired) electrons. The molecule has 1 heterocycles. The number of aromatic nitrogens is 2. The van der Waals surface area contributed by atoms with Gasteiger partial charge in [-0.2, -0.15) is 5.10 Å². The van der Waals surface area contributed by atoms with Crippen LogP contribution in [0.3, 0.4) is 0 Å². The SMILES string of the molecule is CCC(C)Sc1ccc(NC(=O)c2cc(C(C)C)[nH]n2)c(C)c1. The van der Waals surface area contributed by atoms with Crippen LogP contribution in [0.25, 0.3) is 0 Å². The van der Waals surface area contributed by atoms with Gasteiger partial charge < -0.3 is 5.32 Å². The molecule has 0 bridgehead atoms. The van der Waals surface area contributed by atoms with Gasteiger partial charge in [0.1, 0.15) is 0 Å². The Morgan fingerprint density at radius 1 is 1.30 bits per heavy atom. The maximum Gasteiger partial charge on any atom is 0.276 e. The molecule has 0 saturated carbocycles. The van der Waals surface area contributed by atoms with Gasteiger partial charge in [-0.3, -0.25) is 9.89 Å². The second-order valence-corrected chi connectivity index (χ2v) is 7.64. The largest absolute Gasteiger partial charge is 0.320 e. The maximum atomic E-state index is 12.3. The second-order valence-electron chi connectivity index (χ2n) is 6.13. The summed E-state index contributed by atoms with van der Waals surface area (Å²) in [6.07, 6.45) is 1.14. The summed E-state index contributed by atoms with van der Waals surface area (Å²) >= 11 is 1.86. The highest BCUT2D eigenvalue weighted by Gasteiger charge is 2.13. The van der Waals surface area contributed by atoms with Crippen LogP contribution in [0.2, 0.25) is 0 Å². The van der Waals surface area contributed by atoms with Gasteiger partial charge in [-0.1, -0.05) is 27.7 Å². The van der Waals surface area contributed by atoms with Gasteiger partial charge in [-0.05, 0) is 49.1 Å². The number of nitrogens with one attached hydrogen (secondary N) is 2. The number of H-pyrrole nitrogens is 1. The summed E-state index contributed by atoms with van der Waals surface area (Å²) in [6.45, 7) is 10.6. The zero-order valence-electron chi connectivity index (χ0n) is 14.4. The summed E-state index contributed by atoms with van der Waals surface area (Å²) in [6, 6.07) is 7.95. The van der Waals surface area contributed by atoms with Crippen LogP contribution >= 0.6 is 11.8 Å². The summed E-state index contributed by atoms with van der Waals surface area (Å²) in [7, 11) is 0. The fourth-order valence-corrected chi connectivity index (χ4v) is 3.12. The molecule has 2 rings (SSSR count). The third kappa shape index (κ3) is 4.61. The monoisotopic (exact) mass is 331 g/mol. The van der Waals surface area contributed by atoms with Crippen LogP contribution in [0.4, 0.5) is 5.69 Å². The van der Waals surface area contributed by atoms with E-state index in [2.05, 4.69) is 55.3 Å². The Bertz CT molecular complexity index is 679. The lowest BCUT2D eigenvalue weighted by molar-refractivity contribution is 0.102. The minimum absolute atomic E-state index is 0.182. The highest BCUT2D eigenvalue weighted by atomic mass is 32.2. The summed E-state index contributed by atoms with van der Waals surface area (Å²) in [5.41, 5.74) is 3.28. The van der Waals surface area contributed by atoms with Gasteiger partial charge >= 0.3 is 0 Å². The molecule has 0 spiro atoms. The zero-order valence-corrected chi connectivity index (χ0v) is 15.3. The Hall–Kier alpha value is -1.75. The standard InChI is InChI=1S/C18H25N3OS/c1-6-13(5)23-14-7-8-15(12(4)9-14)19-18(22)17-10-16(11(2)3)20-21-17/h7-11,13H,6H2,1-5H3,(H,19,22)(H,20,21). The molecule has 4 nitrogen and oxygen atoms in total. The van der Waals surface area contributed by atoms with Crippen molar-refractivity contribution < 1.29 is 4.79 Å². The van der Waals surface area contributed by atoms with E-state index < -0.39 is 0 Å². The van der Waals surface area contributed by atoms with Crippen molar-refractivity contribution in [1.82, 2.24) is 10.2 Å².